The molecule has 0 saturated heterocycles. The van der Waals surface area contributed by atoms with E-state index in [4.69, 9.17) is 25.8 Å². The first-order valence-electron chi connectivity index (χ1n) is 13.7. The maximum Gasteiger partial charge on any atom is 0.266 e. The average molecular weight is 668 g/mol. The number of hydrogen-bond acceptors (Lipinski definition) is 5. The van der Waals surface area contributed by atoms with Crippen LogP contribution in [0.5, 0.6) is 17.2 Å². The highest BCUT2D eigenvalue weighted by Crippen LogP contribution is 2.38. The second kappa shape index (κ2) is 14.1. The Morgan fingerprint density at radius 2 is 1.70 bits per heavy atom. The summed E-state index contributed by atoms with van der Waals surface area (Å²) < 4.78 is 18.3. The van der Waals surface area contributed by atoms with E-state index in [1.54, 1.807) is 43.5 Å². The smallest absolute Gasteiger partial charge is 0.266 e. The van der Waals surface area contributed by atoms with E-state index in [1.165, 1.54) is 6.08 Å². The molecule has 0 heterocycles. The van der Waals surface area contributed by atoms with Gasteiger partial charge in [-0.15, -0.1) is 0 Å². The van der Waals surface area contributed by atoms with Crippen molar-refractivity contribution in [3.63, 3.8) is 0 Å². The van der Waals surface area contributed by atoms with Gasteiger partial charge in [-0.1, -0.05) is 66.2 Å². The van der Waals surface area contributed by atoms with E-state index in [2.05, 4.69) is 52.4 Å². The number of ether oxygens (including phenoxy) is 3. The number of methoxy groups -OCH3 is 1. The molecule has 0 spiro atoms. The van der Waals surface area contributed by atoms with Gasteiger partial charge in [0.05, 0.1) is 11.6 Å². The Morgan fingerprint density at radius 3 is 2.45 bits per heavy atom. The third-order valence-corrected chi connectivity index (χ3v) is 7.99. The Labute approximate surface area is 269 Å². The highest BCUT2D eigenvalue weighted by Gasteiger charge is 2.16. The lowest BCUT2D eigenvalue weighted by Gasteiger charge is -2.16. The summed E-state index contributed by atoms with van der Waals surface area (Å²) in [5, 5.41) is 15.4. The summed E-state index contributed by atoms with van der Waals surface area (Å²) in [6.07, 6.45) is 1.50. The van der Waals surface area contributed by atoms with Crippen molar-refractivity contribution in [1.82, 2.24) is 0 Å². The molecule has 0 atom stereocenters. The van der Waals surface area contributed by atoms with Gasteiger partial charge in [0.1, 0.15) is 30.6 Å². The van der Waals surface area contributed by atoms with Crippen molar-refractivity contribution >= 4 is 56.0 Å². The van der Waals surface area contributed by atoms with Crippen LogP contribution in [0, 0.1) is 18.3 Å². The van der Waals surface area contributed by atoms with Gasteiger partial charge < -0.3 is 19.5 Å². The number of nitriles is 1. The molecular weight excluding hydrogens is 640 g/mol. The molecule has 0 unspecified atom stereocenters. The molecule has 220 valence electrons. The zero-order chi connectivity index (χ0) is 31.1. The molecule has 5 aromatic rings. The molecule has 0 aliphatic heterocycles. The molecule has 0 aliphatic carbocycles. The molecule has 5 aromatic carbocycles. The van der Waals surface area contributed by atoms with E-state index in [0.717, 1.165) is 27.5 Å². The monoisotopic (exact) mass is 666 g/mol. The van der Waals surface area contributed by atoms with E-state index in [9.17, 15) is 10.1 Å². The Balaban J connectivity index is 1.27. The van der Waals surface area contributed by atoms with E-state index in [-0.39, 0.29) is 5.57 Å². The Hall–Kier alpha value is -4.77. The quantitative estimate of drug-likeness (QED) is 0.119. The van der Waals surface area contributed by atoms with Crippen molar-refractivity contribution in [3.8, 4) is 23.3 Å². The Bertz CT molecular complexity index is 1900. The molecule has 44 heavy (non-hydrogen) atoms. The lowest BCUT2D eigenvalue weighted by Crippen LogP contribution is -2.13. The predicted octanol–water partition coefficient (Wildman–Crippen LogP) is 9.28. The van der Waals surface area contributed by atoms with Crippen molar-refractivity contribution < 1.29 is 19.0 Å². The number of nitrogens with zero attached hydrogens (tertiary/aromatic N) is 1. The van der Waals surface area contributed by atoms with Gasteiger partial charge >= 0.3 is 0 Å². The van der Waals surface area contributed by atoms with Gasteiger partial charge in [0, 0.05) is 21.8 Å². The van der Waals surface area contributed by atoms with E-state index < -0.39 is 5.91 Å². The third kappa shape index (κ3) is 7.23. The number of fused-ring (bicyclic) bond motifs is 1. The molecule has 0 bridgehead atoms. The minimum Gasteiger partial charge on any atom is -0.493 e. The van der Waals surface area contributed by atoms with Crippen LogP contribution in [-0.4, -0.2) is 13.0 Å². The summed E-state index contributed by atoms with van der Waals surface area (Å²) in [5.74, 6) is 1.07. The minimum absolute atomic E-state index is 0.0713. The van der Waals surface area contributed by atoms with Crippen molar-refractivity contribution in [3.05, 3.63) is 134 Å². The summed E-state index contributed by atoms with van der Waals surface area (Å²) in [7, 11) is 1.55. The molecule has 0 radical (unpaired) electrons. The normalized spacial score (nSPS) is 11.1. The van der Waals surface area contributed by atoms with Gasteiger partial charge in [-0.3, -0.25) is 4.79 Å². The standard InChI is InChI=1S/C36H28BrClN2O4/c1-23-11-12-25-7-3-5-9-30(25)31(23)22-44-35-32(37)18-24(19-34(35)42-2)17-27(20-39)36(41)40-28-13-15-29(16-14-28)43-21-26-8-4-6-10-33(26)38/h3-19H,21-22H2,1-2H3,(H,40,41)/b27-17+. The first-order chi connectivity index (χ1) is 21.4. The van der Waals surface area contributed by atoms with Crippen molar-refractivity contribution in [1.29, 1.82) is 5.26 Å². The molecule has 0 aromatic heterocycles. The van der Waals surface area contributed by atoms with Crippen LogP contribution in [0.25, 0.3) is 16.8 Å². The van der Waals surface area contributed by atoms with Gasteiger partial charge in [0.25, 0.3) is 5.91 Å². The summed E-state index contributed by atoms with van der Waals surface area (Å²) in [6.45, 7) is 2.72. The third-order valence-electron chi connectivity index (χ3n) is 7.03. The first-order valence-corrected chi connectivity index (χ1v) is 14.9. The number of rotatable bonds is 10. The number of carbonyl (C=O) groups is 1. The zero-order valence-corrected chi connectivity index (χ0v) is 26.4. The Morgan fingerprint density at radius 1 is 0.955 bits per heavy atom. The van der Waals surface area contributed by atoms with Crippen LogP contribution in [0.2, 0.25) is 5.02 Å². The van der Waals surface area contributed by atoms with Crippen LogP contribution >= 0.6 is 27.5 Å². The fourth-order valence-corrected chi connectivity index (χ4v) is 5.43. The molecule has 6 nitrogen and oxygen atoms in total. The van der Waals surface area contributed by atoms with E-state index >= 15 is 0 Å². The van der Waals surface area contributed by atoms with Crippen LogP contribution in [-0.2, 0) is 18.0 Å². The van der Waals surface area contributed by atoms with Crippen LogP contribution in [0.15, 0.2) is 107 Å². The first kappa shape index (κ1) is 30.7. The van der Waals surface area contributed by atoms with E-state index in [1.807, 2.05) is 42.5 Å². The average Bonchev–Trinajstić information content (AvgIpc) is 3.03. The summed E-state index contributed by atoms with van der Waals surface area (Å²) in [4.78, 5) is 13.0. The maximum absolute atomic E-state index is 13.0. The van der Waals surface area contributed by atoms with Crippen molar-refractivity contribution in [2.45, 2.75) is 20.1 Å². The van der Waals surface area contributed by atoms with Crippen LogP contribution < -0.4 is 19.5 Å². The highest BCUT2D eigenvalue weighted by atomic mass is 79.9. The van der Waals surface area contributed by atoms with Crippen molar-refractivity contribution in [2.75, 3.05) is 12.4 Å². The van der Waals surface area contributed by atoms with Crippen LogP contribution in [0.4, 0.5) is 5.69 Å². The number of nitrogens with one attached hydrogen (secondary N) is 1. The maximum atomic E-state index is 13.0. The summed E-state index contributed by atoms with van der Waals surface area (Å²) in [6, 6.07) is 32.2. The van der Waals surface area contributed by atoms with Crippen LogP contribution in [0.3, 0.4) is 0 Å². The predicted molar refractivity (Wildman–Crippen MR) is 178 cm³/mol. The molecule has 0 saturated carbocycles. The number of amides is 1. The molecule has 1 amide bonds. The highest BCUT2D eigenvalue weighted by molar-refractivity contribution is 9.10. The largest absolute Gasteiger partial charge is 0.493 e. The topological polar surface area (TPSA) is 80.6 Å². The summed E-state index contributed by atoms with van der Waals surface area (Å²) in [5.41, 5.74) is 4.13. The number of anilines is 1. The van der Waals surface area contributed by atoms with Gasteiger partial charge in [-0.05, 0) is 93.3 Å². The molecule has 0 aliphatic rings. The second-order valence-corrected chi connectivity index (χ2v) is 11.2. The number of carbonyl (C=O) groups excluding carboxylic acids is 1. The molecule has 0 fully saturated rings. The fraction of sp³-hybridized carbons (Fsp3) is 0.111. The SMILES string of the molecule is COc1cc(/C=C(\C#N)C(=O)Nc2ccc(OCc3ccccc3Cl)cc2)cc(Br)c1OCc1c(C)ccc2ccccc12. The van der Waals surface area contributed by atoms with Crippen molar-refractivity contribution in [2.24, 2.45) is 0 Å². The van der Waals surface area contributed by atoms with Gasteiger partial charge in [-0.25, -0.2) is 0 Å². The second-order valence-electron chi connectivity index (χ2n) is 9.93. The number of halogens is 2. The number of aryl methyl sites for hydroxylation is 1. The minimum atomic E-state index is -0.543. The Kier molecular flexibility index (Phi) is 9.86. The number of benzene rings is 5. The lowest BCUT2D eigenvalue weighted by molar-refractivity contribution is -0.112. The molecule has 8 heteroatoms. The molecule has 1 N–H and O–H groups in total. The van der Waals surface area contributed by atoms with Gasteiger partial charge in [0.2, 0.25) is 0 Å². The van der Waals surface area contributed by atoms with Gasteiger partial charge in [0.15, 0.2) is 11.5 Å². The molecular formula is C36H28BrClN2O4. The van der Waals surface area contributed by atoms with Gasteiger partial charge in [-0.2, -0.15) is 5.26 Å². The zero-order valence-electron chi connectivity index (χ0n) is 24.1. The van der Waals surface area contributed by atoms with Crippen LogP contribution in [0.1, 0.15) is 22.3 Å². The number of hydrogen-bond donors (Lipinski definition) is 1. The summed E-state index contributed by atoms with van der Waals surface area (Å²) >= 11 is 9.78. The molecule has 5 rings (SSSR count). The van der Waals surface area contributed by atoms with E-state index in [0.29, 0.717) is 51.2 Å². The fourth-order valence-electron chi connectivity index (χ4n) is 4.67. The lowest BCUT2D eigenvalue weighted by atomic mass is 10.0.